The molecule has 0 aliphatic rings. The summed E-state index contributed by atoms with van der Waals surface area (Å²) < 4.78 is 0. The fourth-order valence-corrected chi connectivity index (χ4v) is 2.90. The van der Waals surface area contributed by atoms with Crippen LogP contribution in [0.2, 0.25) is 0 Å². The molecule has 0 radical (unpaired) electrons. The van der Waals surface area contributed by atoms with Gasteiger partial charge in [-0.05, 0) is 25.7 Å². The van der Waals surface area contributed by atoms with Crippen LogP contribution in [0, 0.1) is 5.92 Å². The Bertz CT molecular complexity index is 227. The highest BCUT2D eigenvalue weighted by Gasteiger charge is 2.29. The number of nitrogens with zero attached hydrogens (tertiary/aromatic N) is 1. The minimum absolute atomic E-state index is 0.180. The first kappa shape index (κ1) is 18.9. The van der Waals surface area contributed by atoms with Gasteiger partial charge in [-0.3, -0.25) is 4.90 Å². The van der Waals surface area contributed by atoms with Crippen molar-refractivity contribution in [3.05, 3.63) is 0 Å². The first-order chi connectivity index (χ1) is 8.77. The minimum Gasteiger partial charge on any atom is -0.394 e. The van der Waals surface area contributed by atoms with Crippen molar-refractivity contribution < 1.29 is 5.11 Å². The molecule has 0 amide bonds. The summed E-state index contributed by atoms with van der Waals surface area (Å²) in [5.74, 6) is 0.655. The predicted octanol–water partition coefficient (Wildman–Crippen LogP) is 2.88. The molecule has 19 heavy (non-hydrogen) atoms. The molecule has 1 unspecified atom stereocenters. The molecule has 3 nitrogen and oxygen atoms in total. The number of nitrogens with one attached hydrogen (secondary N) is 1. The van der Waals surface area contributed by atoms with Gasteiger partial charge in [0.1, 0.15) is 0 Å². The first-order valence-electron chi connectivity index (χ1n) is 7.90. The lowest BCUT2D eigenvalue weighted by Gasteiger charge is -2.40. The van der Waals surface area contributed by atoms with Gasteiger partial charge in [0.05, 0.1) is 12.1 Å². The maximum absolute atomic E-state index is 9.76. The minimum atomic E-state index is -0.217. The van der Waals surface area contributed by atoms with Crippen molar-refractivity contribution in [3.63, 3.8) is 0 Å². The Labute approximate surface area is 120 Å². The van der Waals surface area contributed by atoms with Crippen molar-refractivity contribution in [2.75, 3.05) is 19.7 Å². The van der Waals surface area contributed by atoms with Crippen LogP contribution in [0.1, 0.15) is 61.3 Å². The lowest BCUT2D eigenvalue weighted by atomic mass is 9.98. The fourth-order valence-electron chi connectivity index (χ4n) is 2.90. The third-order valence-corrected chi connectivity index (χ3v) is 3.60. The van der Waals surface area contributed by atoms with Crippen LogP contribution in [0.25, 0.3) is 0 Å². The molecule has 0 fully saturated rings. The highest BCUT2D eigenvalue weighted by atomic mass is 16.3. The molecule has 2 N–H and O–H groups in total. The third-order valence-electron chi connectivity index (χ3n) is 3.60. The zero-order valence-corrected chi connectivity index (χ0v) is 14.2. The Kier molecular flexibility index (Phi) is 8.88. The van der Waals surface area contributed by atoms with Gasteiger partial charge in [0.2, 0.25) is 0 Å². The molecule has 0 aliphatic carbocycles. The highest BCUT2D eigenvalue weighted by Crippen LogP contribution is 2.16. The van der Waals surface area contributed by atoms with Crippen molar-refractivity contribution in [1.82, 2.24) is 10.2 Å². The number of aliphatic hydroxyl groups excluding tert-OH is 1. The molecule has 0 aromatic heterocycles. The molecule has 116 valence electrons. The normalized spacial score (nSPS) is 15.8. The van der Waals surface area contributed by atoms with Crippen LogP contribution in [0.4, 0.5) is 0 Å². The van der Waals surface area contributed by atoms with E-state index in [-0.39, 0.29) is 12.1 Å². The molecule has 0 aromatic carbocycles. The van der Waals surface area contributed by atoms with Gasteiger partial charge in [0.25, 0.3) is 0 Å². The molecule has 3 heteroatoms. The van der Waals surface area contributed by atoms with E-state index < -0.39 is 0 Å². The van der Waals surface area contributed by atoms with Gasteiger partial charge in [-0.25, -0.2) is 0 Å². The summed E-state index contributed by atoms with van der Waals surface area (Å²) in [6.07, 6.45) is 2.35. The van der Waals surface area contributed by atoms with Crippen molar-refractivity contribution in [3.8, 4) is 0 Å². The average molecular weight is 272 g/mol. The SMILES string of the molecule is CCC(CC)N(CC(C)C)CC(C)(CO)NC(C)C. The lowest BCUT2D eigenvalue weighted by Crippen LogP contribution is -2.58. The van der Waals surface area contributed by atoms with Crippen molar-refractivity contribution in [2.24, 2.45) is 5.92 Å². The summed E-state index contributed by atoms with van der Waals surface area (Å²) in [5.41, 5.74) is -0.217. The summed E-state index contributed by atoms with van der Waals surface area (Å²) >= 11 is 0. The van der Waals surface area contributed by atoms with Crippen molar-refractivity contribution in [1.29, 1.82) is 0 Å². The van der Waals surface area contributed by atoms with Gasteiger partial charge < -0.3 is 10.4 Å². The predicted molar refractivity (Wildman–Crippen MR) is 84.5 cm³/mol. The van der Waals surface area contributed by atoms with Crippen LogP contribution in [0.15, 0.2) is 0 Å². The van der Waals surface area contributed by atoms with Crippen LogP contribution >= 0.6 is 0 Å². The third kappa shape index (κ3) is 7.28. The molecule has 0 bridgehead atoms. The van der Waals surface area contributed by atoms with Gasteiger partial charge in [-0.15, -0.1) is 0 Å². The number of aliphatic hydroxyl groups is 1. The molecule has 0 saturated carbocycles. The van der Waals surface area contributed by atoms with E-state index in [0.717, 1.165) is 13.1 Å². The zero-order chi connectivity index (χ0) is 15.1. The Morgan fingerprint density at radius 2 is 1.63 bits per heavy atom. The Morgan fingerprint density at radius 3 is 1.95 bits per heavy atom. The molecular formula is C16H36N2O. The van der Waals surface area contributed by atoms with E-state index in [1.165, 1.54) is 12.8 Å². The molecule has 0 heterocycles. The summed E-state index contributed by atoms with van der Waals surface area (Å²) in [6, 6.07) is 1.00. The molecule has 1 atom stereocenters. The molecule has 0 spiro atoms. The summed E-state index contributed by atoms with van der Waals surface area (Å²) in [6.45, 7) is 17.6. The summed E-state index contributed by atoms with van der Waals surface area (Å²) in [7, 11) is 0. The number of hydrogen-bond donors (Lipinski definition) is 2. The molecule has 0 aromatic rings. The van der Waals surface area contributed by atoms with Gasteiger partial charge >= 0.3 is 0 Å². The smallest absolute Gasteiger partial charge is 0.0623 e. The van der Waals surface area contributed by atoms with E-state index in [4.69, 9.17) is 0 Å². The maximum Gasteiger partial charge on any atom is 0.0623 e. The zero-order valence-electron chi connectivity index (χ0n) is 14.2. The molecule has 0 aliphatic heterocycles. The van der Waals surface area contributed by atoms with Gasteiger partial charge in [-0.2, -0.15) is 0 Å². The van der Waals surface area contributed by atoms with Crippen molar-refractivity contribution in [2.45, 2.75) is 78.9 Å². The first-order valence-corrected chi connectivity index (χ1v) is 7.90. The second-order valence-electron chi connectivity index (χ2n) is 6.81. The quantitative estimate of drug-likeness (QED) is 0.642. The summed E-state index contributed by atoms with van der Waals surface area (Å²) in [5, 5.41) is 13.3. The van der Waals surface area contributed by atoms with Crippen molar-refractivity contribution >= 4 is 0 Å². The van der Waals surface area contributed by atoms with E-state index in [0.29, 0.717) is 18.0 Å². The Hall–Kier alpha value is -0.120. The van der Waals surface area contributed by atoms with Gasteiger partial charge in [0.15, 0.2) is 0 Å². The van der Waals surface area contributed by atoms with Crippen LogP contribution in [0.5, 0.6) is 0 Å². The molecule has 0 rings (SSSR count). The standard InChI is InChI=1S/C16H36N2O/c1-8-15(9-2)18(10-13(3)4)11-16(7,12-19)17-14(5)6/h13-15,17,19H,8-12H2,1-7H3. The van der Waals surface area contributed by atoms with E-state index in [2.05, 4.69) is 58.7 Å². The number of rotatable bonds is 10. The van der Waals surface area contributed by atoms with Gasteiger partial charge in [0, 0.05) is 25.2 Å². The van der Waals surface area contributed by atoms with Crippen LogP contribution in [-0.4, -0.2) is 47.3 Å². The van der Waals surface area contributed by atoms with Gasteiger partial charge in [-0.1, -0.05) is 41.5 Å². The second-order valence-corrected chi connectivity index (χ2v) is 6.81. The van der Waals surface area contributed by atoms with Crippen LogP contribution < -0.4 is 5.32 Å². The second kappa shape index (κ2) is 8.93. The fraction of sp³-hybridized carbons (Fsp3) is 1.00. The highest BCUT2D eigenvalue weighted by molar-refractivity contribution is 4.89. The maximum atomic E-state index is 9.76. The molecule has 0 saturated heterocycles. The Morgan fingerprint density at radius 1 is 1.11 bits per heavy atom. The molecular weight excluding hydrogens is 236 g/mol. The monoisotopic (exact) mass is 272 g/mol. The van der Waals surface area contributed by atoms with Crippen LogP contribution in [0.3, 0.4) is 0 Å². The largest absolute Gasteiger partial charge is 0.394 e. The Balaban J connectivity index is 4.84. The number of hydrogen-bond acceptors (Lipinski definition) is 3. The van der Waals surface area contributed by atoms with E-state index in [9.17, 15) is 5.11 Å². The van der Waals surface area contributed by atoms with E-state index >= 15 is 0 Å². The van der Waals surface area contributed by atoms with Crippen LogP contribution in [-0.2, 0) is 0 Å². The summed E-state index contributed by atoms with van der Waals surface area (Å²) in [4.78, 5) is 2.55. The lowest BCUT2D eigenvalue weighted by molar-refractivity contribution is 0.0776. The van der Waals surface area contributed by atoms with E-state index in [1.807, 2.05) is 0 Å². The van der Waals surface area contributed by atoms with E-state index in [1.54, 1.807) is 0 Å². The topological polar surface area (TPSA) is 35.5 Å². The average Bonchev–Trinajstić information content (AvgIpc) is 2.28.